The summed E-state index contributed by atoms with van der Waals surface area (Å²) in [5.74, 6) is -0.655. The van der Waals surface area contributed by atoms with E-state index < -0.39 is 17.9 Å². The quantitative estimate of drug-likeness (QED) is 0.626. The van der Waals surface area contributed by atoms with Gasteiger partial charge in [0.1, 0.15) is 5.75 Å². The van der Waals surface area contributed by atoms with E-state index in [0.29, 0.717) is 5.75 Å². The van der Waals surface area contributed by atoms with Gasteiger partial charge < -0.3 is 10.1 Å². The molecule has 1 atom stereocenters. The SMILES string of the molecule is Cc1ccc(O[C@@H](C)C(=O)NNC(=O)CCC(=O)Nc2ccc(C)cc2C)cc1. The molecule has 0 unspecified atom stereocenters. The first-order valence-electron chi connectivity index (χ1n) is 9.43. The van der Waals surface area contributed by atoms with Crippen molar-refractivity contribution >= 4 is 23.4 Å². The van der Waals surface area contributed by atoms with Crippen LogP contribution in [0.15, 0.2) is 42.5 Å². The fourth-order valence-electron chi connectivity index (χ4n) is 2.56. The van der Waals surface area contributed by atoms with Crippen LogP contribution in [0.2, 0.25) is 0 Å². The maximum absolute atomic E-state index is 12.0. The van der Waals surface area contributed by atoms with Gasteiger partial charge in [0.05, 0.1) is 0 Å². The summed E-state index contributed by atoms with van der Waals surface area (Å²) in [4.78, 5) is 35.9. The lowest BCUT2D eigenvalue weighted by Crippen LogP contribution is -2.47. The molecule has 154 valence electrons. The van der Waals surface area contributed by atoms with Gasteiger partial charge >= 0.3 is 0 Å². The summed E-state index contributed by atoms with van der Waals surface area (Å²) in [6, 6.07) is 13.0. The standard InChI is InChI=1S/C22H27N3O4/c1-14-5-8-18(9-6-14)29-17(4)22(28)25-24-21(27)12-11-20(26)23-19-10-7-15(2)13-16(19)3/h5-10,13,17H,11-12H2,1-4H3,(H,23,26)(H,24,27)(H,25,28)/t17-/m0/s1. The first-order valence-corrected chi connectivity index (χ1v) is 9.43. The Morgan fingerprint density at radius 3 is 2.14 bits per heavy atom. The summed E-state index contributed by atoms with van der Waals surface area (Å²) < 4.78 is 5.52. The molecule has 0 saturated heterocycles. The monoisotopic (exact) mass is 397 g/mol. The van der Waals surface area contributed by atoms with Crippen molar-refractivity contribution in [3.63, 3.8) is 0 Å². The molecule has 2 aromatic rings. The molecule has 0 heterocycles. The van der Waals surface area contributed by atoms with Crippen LogP contribution in [0.25, 0.3) is 0 Å². The number of hydrazine groups is 1. The van der Waals surface area contributed by atoms with Gasteiger partial charge in [0.25, 0.3) is 5.91 Å². The molecule has 7 nitrogen and oxygen atoms in total. The number of hydrogen-bond acceptors (Lipinski definition) is 4. The molecule has 0 saturated carbocycles. The number of anilines is 1. The van der Waals surface area contributed by atoms with E-state index in [0.717, 1.165) is 22.4 Å². The number of nitrogens with one attached hydrogen (secondary N) is 3. The maximum atomic E-state index is 12.0. The summed E-state index contributed by atoms with van der Waals surface area (Å²) in [7, 11) is 0. The zero-order valence-electron chi connectivity index (χ0n) is 17.2. The maximum Gasteiger partial charge on any atom is 0.279 e. The van der Waals surface area contributed by atoms with Crippen LogP contribution in [0.1, 0.15) is 36.5 Å². The van der Waals surface area contributed by atoms with E-state index in [-0.39, 0.29) is 18.7 Å². The molecule has 0 spiro atoms. The summed E-state index contributed by atoms with van der Waals surface area (Å²) in [6.45, 7) is 7.42. The van der Waals surface area contributed by atoms with Crippen LogP contribution in [0, 0.1) is 20.8 Å². The second kappa shape index (κ2) is 10.3. The van der Waals surface area contributed by atoms with Crippen molar-refractivity contribution in [1.82, 2.24) is 10.9 Å². The number of aryl methyl sites for hydroxylation is 3. The van der Waals surface area contributed by atoms with Crippen LogP contribution in [0.3, 0.4) is 0 Å². The van der Waals surface area contributed by atoms with Crippen LogP contribution in [-0.4, -0.2) is 23.8 Å². The van der Waals surface area contributed by atoms with Crippen molar-refractivity contribution < 1.29 is 19.1 Å². The first kappa shape index (κ1) is 21.9. The van der Waals surface area contributed by atoms with E-state index in [1.165, 1.54) is 0 Å². The predicted molar refractivity (Wildman–Crippen MR) is 111 cm³/mol. The van der Waals surface area contributed by atoms with Crippen molar-refractivity contribution in [3.05, 3.63) is 59.2 Å². The number of amides is 3. The number of benzene rings is 2. The fourth-order valence-corrected chi connectivity index (χ4v) is 2.56. The number of ether oxygens (including phenoxy) is 1. The summed E-state index contributed by atoms with van der Waals surface area (Å²) in [5.41, 5.74) is 8.47. The highest BCUT2D eigenvalue weighted by atomic mass is 16.5. The van der Waals surface area contributed by atoms with Gasteiger partial charge in [0, 0.05) is 18.5 Å². The predicted octanol–water partition coefficient (Wildman–Crippen LogP) is 2.95. The van der Waals surface area contributed by atoms with Crippen molar-refractivity contribution in [2.24, 2.45) is 0 Å². The Morgan fingerprint density at radius 1 is 0.862 bits per heavy atom. The van der Waals surface area contributed by atoms with Gasteiger partial charge in [-0.05, 0) is 51.5 Å². The number of rotatable bonds is 7. The lowest BCUT2D eigenvalue weighted by molar-refractivity contribution is -0.133. The Bertz CT molecular complexity index is 878. The van der Waals surface area contributed by atoms with Crippen molar-refractivity contribution in [2.45, 2.75) is 46.6 Å². The first-order chi connectivity index (χ1) is 13.7. The third kappa shape index (κ3) is 7.29. The average molecular weight is 397 g/mol. The number of hydrogen-bond donors (Lipinski definition) is 3. The minimum absolute atomic E-state index is 0.00441. The van der Waals surface area contributed by atoms with Crippen LogP contribution < -0.4 is 20.9 Å². The topological polar surface area (TPSA) is 96.5 Å². The van der Waals surface area contributed by atoms with E-state index in [4.69, 9.17) is 4.74 Å². The van der Waals surface area contributed by atoms with Gasteiger partial charge in [0.15, 0.2) is 6.10 Å². The molecule has 0 bridgehead atoms. The van der Waals surface area contributed by atoms with Gasteiger partial charge in [-0.2, -0.15) is 0 Å². The van der Waals surface area contributed by atoms with Gasteiger partial charge in [-0.3, -0.25) is 25.2 Å². The molecule has 0 aliphatic heterocycles. The van der Waals surface area contributed by atoms with Crippen LogP contribution in [0.4, 0.5) is 5.69 Å². The molecular weight excluding hydrogens is 370 g/mol. The fraction of sp³-hybridized carbons (Fsp3) is 0.318. The number of carbonyl (C=O) groups is 3. The third-order valence-electron chi connectivity index (χ3n) is 4.26. The van der Waals surface area contributed by atoms with Gasteiger partial charge in [0.2, 0.25) is 11.8 Å². The zero-order valence-corrected chi connectivity index (χ0v) is 17.2. The highest BCUT2D eigenvalue weighted by molar-refractivity contribution is 5.94. The third-order valence-corrected chi connectivity index (χ3v) is 4.26. The van der Waals surface area contributed by atoms with E-state index in [9.17, 15) is 14.4 Å². The number of carbonyl (C=O) groups excluding carboxylic acids is 3. The van der Waals surface area contributed by atoms with Crippen LogP contribution in [0.5, 0.6) is 5.75 Å². The van der Waals surface area contributed by atoms with Gasteiger partial charge in [-0.25, -0.2) is 0 Å². The smallest absolute Gasteiger partial charge is 0.279 e. The van der Waals surface area contributed by atoms with Crippen molar-refractivity contribution in [2.75, 3.05) is 5.32 Å². The minimum Gasteiger partial charge on any atom is -0.481 e. The van der Waals surface area contributed by atoms with E-state index in [1.54, 1.807) is 19.1 Å². The Labute approximate surface area is 170 Å². The zero-order chi connectivity index (χ0) is 21.4. The lowest BCUT2D eigenvalue weighted by Gasteiger charge is -2.15. The molecule has 29 heavy (non-hydrogen) atoms. The molecule has 0 fully saturated rings. The van der Waals surface area contributed by atoms with E-state index >= 15 is 0 Å². The Balaban J connectivity index is 1.70. The molecule has 2 aromatic carbocycles. The van der Waals surface area contributed by atoms with Crippen molar-refractivity contribution in [1.29, 1.82) is 0 Å². The molecule has 2 rings (SSSR count). The molecule has 3 N–H and O–H groups in total. The van der Waals surface area contributed by atoms with Crippen molar-refractivity contribution in [3.8, 4) is 5.75 Å². The summed E-state index contributed by atoms with van der Waals surface area (Å²) >= 11 is 0. The normalized spacial score (nSPS) is 11.3. The molecule has 3 amide bonds. The van der Waals surface area contributed by atoms with Crippen LogP contribution >= 0.6 is 0 Å². The second-order valence-electron chi connectivity index (χ2n) is 6.98. The van der Waals surface area contributed by atoms with Gasteiger partial charge in [-0.1, -0.05) is 35.4 Å². The molecule has 0 aromatic heterocycles. The molecule has 0 aliphatic carbocycles. The lowest BCUT2D eigenvalue weighted by atomic mass is 10.1. The average Bonchev–Trinajstić information content (AvgIpc) is 2.68. The minimum atomic E-state index is -0.786. The molecular formula is C22H27N3O4. The summed E-state index contributed by atoms with van der Waals surface area (Å²) in [6.07, 6.45) is -0.833. The Morgan fingerprint density at radius 2 is 1.48 bits per heavy atom. The van der Waals surface area contributed by atoms with Gasteiger partial charge in [-0.15, -0.1) is 0 Å². The Hall–Kier alpha value is -3.35. The second-order valence-corrected chi connectivity index (χ2v) is 6.98. The molecule has 7 heteroatoms. The highest BCUT2D eigenvalue weighted by Gasteiger charge is 2.16. The van der Waals surface area contributed by atoms with Crippen LogP contribution in [-0.2, 0) is 14.4 Å². The highest BCUT2D eigenvalue weighted by Crippen LogP contribution is 2.16. The summed E-state index contributed by atoms with van der Waals surface area (Å²) in [5, 5.41) is 2.78. The molecule has 0 radical (unpaired) electrons. The van der Waals surface area contributed by atoms with E-state index in [1.807, 2.05) is 51.1 Å². The largest absolute Gasteiger partial charge is 0.481 e. The Kier molecular flexibility index (Phi) is 7.77. The van der Waals surface area contributed by atoms with E-state index in [2.05, 4.69) is 16.2 Å². The molecule has 0 aliphatic rings.